The monoisotopic (exact) mass is 331 g/mol. The SMILES string of the molecule is Cn1cc(/C=N/NCc2c(Cl)cccc2Cl)c2ccccc21. The van der Waals surface area contributed by atoms with Gasteiger partial charge in [0.05, 0.1) is 12.8 Å². The van der Waals surface area contributed by atoms with Crippen LogP contribution in [0.2, 0.25) is 10.0 Å². The molecule has 1 heterocycles. The molecule has 1 aromatic heterocycles. The van der Waals surface area contributed by atoms with Crippen molar-refractivity contribution in [1.29, 1.82) is 0 Å². The summed E-state index contributed by atoms with van der Waals surface area (Å²) in [4.78, 5) is 0. The zero-order valence-corrected chi connectivity index (χ0v) is 13.6. The Morgan fingerprint density at radius 2 is 1.82 bits per heavy atom. The topological polar surface area (TPSA) is 29.3 Å². The van der Waals surface area contributed by atoms with Crippen LogP contribution < -0.4 is 5.43 Å². The zero-order valence-electron chi connectivity index (χ0n) is 12.1. The van der Waals surface area contributed by atoms with E-state index in [0.717, 1.165) is 11.1 Å². The molecule has 0 fully saturated rings. The van der Waals surface area contributed by atoms with E-state index >= 15 is 0 Å². The van der Waals surface area contributed by atoms with Gasteiger partial charge in [-0.25, -0.2) is 0 Å². The van der Waals surface area contributed by atoms with Gasteiger partial charge in [0.15, 0.2) is 0 Å². The largest absolute Gasteiger partial charge is 0.350 e. The highest BCUT2D eigenvalue weighted by Crippen LogP contribution is 2.24. The lowest BCUT2D eigenvalue weighted by Crippen LogP contribution is -2.06. The quantitative estimate of drug-likeness (QED) is 0.549. The van der Waals surface area contributed by atoms with Crippen LogP contribution in [0.5, 0.6) is 0 Å². The smallest absolute Gasteiger partial charge is 0.0609 e. The van der Waals surface area contributed by atoms with Gasteiger partial charge in [-0.1, -0.05) is 47.5 Å². The number of hydrazone groups is 1. The molecule has 0 unspecified atom stereocenters. The van der Waals surface area contributed by atoms with Crippen LogP contribution in [-0.2, 0) is 13.6 Å². The Morgan fingerprint density at radius 3 is 2.59 bits per heavy atom. The molecule has 3 nitrogen and oxygen atoms in total. The summed E-state index contributed by atoms with van der Waals surface area (Å²) in [5.41, 5.74) is 6.09. The molecule has 1 N–H and O–H groups in total. The first-order valence-electron chi connectivity index (χ1n) is 6.89. The van der Waals surface area contributed by atoms with E-state index < -0.39 is 0 Å². The molecule has 0 saturated heterocycles. The number of hydrogen-bond donors (Lipinski definition) is 1. The molecule has 2 aromatic carbocycles. The van der Waals surface area contributed by atoms with Crippen molar-refractivity contribution in [2.45, 2.75) is 6.54 Å². The van der Waals surface area contributed by atoms with Crippen LogP contribution in [0.3, 0.4) is 0 Å². The average molecular weight is 332 g/mol. The first kappa shape index (κ1) is 14.9. The molecule has 0 bridgehead atoms. The second-order valence-corrected chi connectivity index (χ2v) is 5.82. The van der Waals surface area contributed by atoms with Crippen LogP contribution in [-0.4, -0.2) is 10.8 Å². The van der Waals surface area contributed by atoms with E-state index in [9.17, 15) is 0 Å². The summed E-state index contributed by atoms with van der Waals surface area (Å²) < 4.78 is 2.08. The Balaban J connectivity index is 1.75. The van der Waals surface area contributed by atoms with E-state index in [0.29, 0.717) is 16.6 Å². The van der Waals surface area contributed by atoms with E-state index in [2.05, 4.69) is 33.4 Å². The molecule has 0 saturated carbocycles. The van der Waals surface area contributed by atoms with Crippen LogP contribution in [0, 0.1) is 0 Å². The lowest BCUT2D eigenvalue weighted by Gasteiger charge is -2.05. The molecule has 112 valence electrons. The van der Waals surface area contributed by atoms with Crippen molar-refractivity contribution in [3.05, 3.63) is 69.8 Å². The average Bonchev–Trinajstić information content (AvgIpc) is 2.83. The predicted octanol–water partition coefficient (Wildman–Crippen LogP) is 4.61. The minimum atomic E-state index is 0.486. The van der Waals surface area contributed by atoms with E-state index in [1.165, 1.54) is 10.9 Å². The van der Waals surface area contributed by atoms with Crippen LogP contribution in [0.1, 0.15) is 11.1 Å². The van der Waals surface area contributed by atoms with Crippen molar-refractivity contribution in [2.75, 3.05) is 0 Å². The minimum Gasteiger partial charge on any atom is -0.350 e. The Hall–Kier alpha value is -1.97. The van der Waals surface area contributed by atoms with Gasteiger partial charge in [0.2, 0.25) is 0 Å². The van der Waals surface area contributed by atoms with E-state index in [1.54, 1.807) is 0 Å². The molecular formula is C17H15Cl2N3. The van der Waals surface area contributed by atoms with E-state index in [4.69, 9.17) is 23.2 Å². The van der Waals surface area contributed by atoms with Crippen molar-refractivity contribution in [2.24, 2.45) is 12.1 Å². The van der Waals surface area contributed by atoms with Crippen LogP contribution >= 0.6 is 23.2 Å². The van der Waals surface area contributed by atoms with E-state index in [-0.39, 0.29) is 0 Å². The molecule has 22 heavy (non-hydrogen) atoms. The van der Waals surface area contributed by atoms with Gasteiger partial charge in [-0.3, -0.25) is 0 Å². The summed E-state index contributed by atoms with van der Waals surface area (Å²) in [7, 11) is 2.02. The molecule has 3 rings (SSSR count). The molecular weight excluding hydrogens is 317 g/mol. The third-order valence-corrected chi connectivity index (χ3v) is 4.25. The van der Waals surface area contributed by atoms with Gasteiger partial charge < -0.3 is 9.99 Å². The zero-order chi connectivity index (χ0) is 15.5. The lowest BCUT2D eigenvalue weighted by atomic mass is 10.2. The molecule has 0 radical (unpaired) electrons. The van der Waals surface area contributed by atoms with Gasteiger partial charge in [-0.15, -0.1) is 0 Å². The number of fused-ring (bicyclic) bond motifs is 1. The third kappa shape index (κ3) is 2.96. The fourth-order valence-corrected chi connectivity index (χ4v) is 2.95. The molecule has 0 atom stereocenters. The standard InChI is InChI=1S/C17H15Cl2N3/c1-22-11-12(13-5-2-3-8-17(13)22)9-20-21-10-14-15(18)6-4-7-16(14)19/h2-9,11,21H,10H2,1H3/b20-9+. The maximum atomic E-state index is 6.13. The van der Waals surface area contributed by atoms with Gasteiger partial charge in [0.25, 0.3) is 0 Å². The van der Waals surface area contributed by atoms with Gasteiger partial charge >= 0.3 is 0 Å². The molecule has 0 spiro atoms. The number of para-hydroxylation sites is 1. The molecule has 0 aliphatic carbocycles. The number of aromatic nitrogens is 1. The van der Waals surface area contributed by atoms with Gasteiger partial charge in [0, 0.05) is 45.3 Å². The summed E-state index contributed by atoms with van der Waals surface area (Å²) in [6, 6.07) is 13.7. The van der Waals surface area contributed by atoms with Gasteiger partial charge in [0.1, 0.15) is 0 Å². The van der Waals surface area contributed by atoms with Crippen molar-refractivity contribution in [1.82, 2.24) is 9.99 Å². The summed E-state index contributed by atoms with van der Waals surface area (Å²) in [6.45, 7) is 0.486. The number of aryl methyl sites for hydroxylation is 1. The Morgan fingerprint density at radius 1 is 1.09 bits per heavy atom. The Kier molecular flexibility index (Phi) is 4.36. The number of hydrogen-bond acceptors (Lipinski definition) is 2. The molecule has 0 amide bonds. The van der Waals surface area contributed by atoms with Gasteiger partial charge in [-0.2, -0.15) is 5.10 Å². The van der Waals surface area contributed by atoms with Crippen molar-refractivity contribution in [3.63, 3.8) is 0 Å². The number of halogens is 2. The van der Waals surface area contributed by atoms with Crippen molar-refractivity contribution >= 4 is 40.3 Å². The molecule has 0 aliphatic rings. The normalized spacial score (nSPS) is 11.4. The van der Waals surface area contributed by atoms with Crippen molar-refractivity contribution in [3.8, 4) is 0 Å². The second kappa shape index (κ2) is 6.42. The van der Waals surface area contributed by atoms with Crippen LogP contribution in [0.4, 0.5) is 0 Å². The summed E-state index contributed by atoms with van der Waals surface area (Å²) in [6.07, 6.45) is 3.87. The fourth-order valence-electron chi connectivity index (χ4n) is 2.42. The Bertz CT molecular complexity index is 817. The molecule has 3 aromatic rings. The number of nitrogens with zero attached hydrogens (tertiary/aromatic N) is 2. The minimum absolute atomic E-state index is 0.486. The molecule has 0 aliphatic heterocycles. The highest BCUT2D eigenvalue weighted by Gasteiger charge is 2.05. The summed E-state index contributed by atoms with van der Waals surface area (Å²) in [5, 5.41) is 6.73. The van der Waals surface area contributed by atoms with E-state index in [1.807, 2.05) is 43.6 Å². The summed E-state index contributed by atoms with van der Waals surface area (Å²) >= 11 is 12.3. The predicted molar refractivity (Wildman–Crippen MR) is 93.8 cm³/mol. The third-order valence-electron chi connectivity index (χ3n) is 3.54. The van der Waals surface area contributed by atoms with Crippen molar-refractivity contribution < 1.29 is 0 Å². The highest BCUT2D eigenvalue weighted by atomic mass is 35.5. The highest BCUT2D eigenvalue weighted by molar-refractivity contribution is 6.35. The Labute approximate surface area is 139 Å². The van der Waals surface area contributed by atoms with Crippen LogP contribution in [0.15, 0.2) is 53.8 Å². The first-order chi connectivity index (χ1) is 10.7. The first-order valence-corrected chi connectivity index (χ1v) is 7.65. The maximum Gasteiger partial charge on any atom is 0.0609 e. The lowest BCUT2D eigenvalue weighted by molar-refractivity contribution is 0.748. The number of benzene rings is 2. The fraction of sp³-hybridized carbons (Fsp3) is 0.118. The summed E-state index contributed by atoms with van der Waals surface area (Å²) in [5.74, 6) is 0. The maximum absolute atomic E-state index is 6.13. The van der Waals surface area contributed by atoms with Gasteiger partial charge in [-0.05, 0) is 18.2 Å². The number of rotatable bonds is 4. The number of nitrogens with one attached hydrogen (secondary N) is 1. The van der Waals surface area contributed by atoms with Crippen LogP contribution in [0.25, 0.3) is 10.9 Å². The molecule has 5 heteroatoms. The second-order valence-electron chi connectivity index (χ2n) is 5.01.